The number of hydrogen-bond acceptors (Lipinski definition) is 2. The normalized spacial score (nSPS) is 10.3. The highest BCUT2D eigenvalue weighted by Gasteiger charge is 2.14. The van der Waals surface area contributed by atoms with Gasteiger partial charge in [-0.25, -0.2) is 0 Å². The fraction of sp³-hybridized carbons (Fsp3) is 0.200. The van der Waals surface area contributed by atoms with Crippen LogP contribution in [0.15, 0.2) is 51.7 Å². The molecule has 0 spiro atoms. The first-order valence-electron chi connectivity index (χ1n) is 6.17. The van der Waals surface area contributed by atoms with Crippen LogP contribution in [0.4, 0.5) is 0 Å². The summed E-state index contributed by atoms with van der Waals surface area (Å²) in [6.45, 7) is 0.672. The number of rotatable bonds is 4. The maximum atomic E-state index is 12.4. The molecule has 0 bridgehead atoms. The van der Waals surface area contributed by atoms with Crippen LogP contribution in [0.1, 0.15) is 15.9 Å². The fourth-order valence-corrected chi connectivity index (χ4v) is 3.03. The van der Waals surface area contributed by atoms with Crippen LogP contribution in [0.5, 0.6) is 0 Å². The highest BCUT2D eigenvalue weighted by atomic mass is 79.9. The molecule has 0 aliphatic heterocycles. The Morgan fingerprint density at radius 2 is 1.90 bits per heavy atom. The van der Waals surface area contributed by atoms with Crippen molar-refractivity contribution in [2.24, 2.45) is 0 Å². The van der Waals surface area contributed by atoms with Crippen molar-refractivity contribution < 1.29 is 4.79 Å². The van der Waals surface area contributed by atoms with Crippen molar-refractivity contribution in [3.05, 3.63) is 62.8 Å². The molecule has 0 aliphatic carbocycles. The number of aromatic nitrogens is 1. The van der Waals surface area contributed by atoms with Gasteiger partial charge in [0, 0.05) is 34.9 Å². The van der Waals surface area contributed by atoms with Crippen molar-refractivity contribution in [3.63, 3.8) is 0 Å². The van der Waals surface area contributed by atoms with E-state index < -0.39 is 0 Å². The molecule has 5 heteroatoms. The van der Waals surface area contributed by atoms with Crippen molar-refractivity contribution in [1.29, 1.82) is 0 Å². The van der Waals surface area contributed by atoms with Gasteiger partial charge in [-0.15, -0.1) is 0 Å². The first kappa shape index (κ1) is 15.2. The zero-order valence-electron chi connectivity index (χ0n) is 11.0. The van der Waals surface area contributed by atoms with Crippen LogP contribution >= 0.6 is 31.9 Å². The molecule has 20 heavy (non-hydrogen) atoms. The Morgan fingerprint density at radius 3 is 2.55 bits per heavy atom. The summed E-state index contributed by atoms with van der Waals surface area (Å²) in [6, 6.07) is 9.50. The molecule has 2 aromatic rings. The van der Waals surface area contributed by atoms with Gasteiger partial charge in [0.05, 0.1) is 5.56 Å². The molecule has 0 N–H and O–H groups in total. The molecule has 1 amide bonds. The number of carbonyl (C=O) groups excluding carboxylic acids is 1. The number of carbonyl (C=O) groups is 1. The molecule has 104 valence electrons. The van der Waals surface area contributed by atoms with Gasteiger partial charge in [-0.05, 0) is 58.2 Å². The quantitative estimate of drug-likeness (QED) is 0.783. The van der Waals surface area contributed by atoms with Gasteiger partial charge in [0.15, 0.2) is 0 Å². The number of halogens is 2. The number of amides is 1. The van der Waals surface area contributed by atoms with Crippen LogP contribution in [0, 0.1) is 0 Å². The lowest BCUT2D eigenvalue weighted by molar-refractivity contribution is 0.0795. The van der Waals surface area contributed by atoms with E-state index in [9.17, 15) is 4.79 Å². The van der Waals surface area contributed by atoms with E-state index in [4.69, 9.17) is 0 Å². The van der Waals surface area contributed by atoms with Gasteiger partial charge in [-0.3, -0.25) is 9.78 Å². The predicted octanol–water partition coefficient (Wildman–Crippen LogP) is 3.92. The Balaban J connectivity index is 2.01. The van der Waals surface area contributed by atoms with Gasteiger partial charge >= 0.3 is 0 Å². The van der Waals surface area contributed by atoms with Gasteiger partial charge in [0.2, 0.25) is 0 Å². The Bertz CT molecular complexity index is 602. The molecule has 2 rings (SSSR count). The van der Waals surface area contributed by atoms with Crippen LogP contribution in [-0.4, -0.2) is 29.4 Å². The highest BCUT2D eigenvalue weighted by molar-refractivity contribution is 9.11. The maximum absolute atomic E-state index is 12.4. The number of hydrogen-bond donors (Lipinski definition) is 0. The third kappa shape index (κ3) is 3.90. The monoisotopic (exact) mass is 396 g/mol. The van der Waals surface area contributed by atoms with E-state index in [0.29, 0.717) is 12.1 Å². The summed E-state index contributed by atoms with van der Waals surface area (Å²) in [5, 5.41) is 0. The summed E-state index contributed by atoms with van der Waals surface area (Å²) in [4.78, 5) is 18.1. The molecule has 0 fully saturated rings. The van der Waals surface area contributed by atoms with Crippen LogP contribution in [0.2, 0.25) is 0 Å². The number of likely N-dealkylation sites (N-methyl/N-ethyl adjacent to an activating group) is 1. The van der Waals surface area contributed by atoms with Crippen LogP contribution in [-0.2, 0) is 6.42 Å². The third-order valence-corrected chi connectivity index (χ3v) is 4.14. The summed E-state index contributed by atoms with van der Waals surface area (Å²) in [5.41, 5.74) is 1.85. The van der Waals surface area contributed by atoms with Crippen LogP contribution < -0.4 is 0 Å². The summed E-state index contributed by atoms with van der Waals surface area (Å²) in [5.74, 6) is 0.0124. The van der Waals surface area contributed by atoms with E-state index in [0.717, 1.165) is 15.4 Å². The lowest BCUT2D eigenvalue weighted by atomic mass is 10.1. The lowest BCUT2D eigenvalue weighted by Crippen LogP contribution is -2.29. The van der Waals surface area contributed by atoms with Crippen molar-refractivity contribution in [1.82, 2.24) is 9.88 Å². The van der Waals surface area contributed by atoms with Gasteiger partial charge in [0.25, 0.3) is 5.91 Å². The summed E-state index contributed by atoms with van der Waals surface area (Å²) in [7, 11) is 1.82. The lowest BCUT2D eigenvalue weighted by Gasteiger charge is -2.18. The first-order chi connectivity index (χ1) is 9.58. The summed E-state index contributed by atoms with van der Waals surface area (Å²) in [6.07, 6.45) is 4.35. The molecule has 1 aromatic carbocycles. The molecule has 0 saturated carbocycles. The first-order valence-corrected chi connectivity index (χ1v) is 7.76. The van der Waals surface area contributed by atoms with Crippen molar-refractivity contribution in [2.45, 2.75) is 6.42 Å². The molecular formula is C15H14Br2N2O. The minimum Gasteiger partial charge on any atom is -0.341 e. The van der Waals surface area contributed by atoms with Gasteiger partial charge in [0.1, 0.15) is 0 Å². The predicted molar refractivity (Wildman–Crippen MR) is 86.7 cm³/mol. The largest absolute Gasteiger partial charge is 0.341 e. The minimum absolute atomic E-state index is 0.0124. The average Bonchev–Trinajstić information content (AvgIpc) is 2.45. The Morgan fingerprint density at radius 1 is 1.20 bits per heavy atom. The zero-order valence-corrected chi connectivity index (χ0v) is 14.2. The Kier molecular flexibility index (Phi) is 5.31. The second-order valence-corrected chi connectivity index (χ2v) is 6.23. The van der Waals surface area contributed by atoms with E-state index in [1.165, 1.54) is 5.56 Å². The number of pyridine rings is 1. The van der Waals surface area contributed by atoms with E-state index >= 15 is 0 Å². The molecule has 0 saturated heterocycles. The molecule has 1 heterocycles. The van der Waals surface area contributed by atoms with Gasteiger partial charge in [-0.1, -0.05) is 15.9 Å². The van der Waals surface area contributed by atoms with Crippen molar-refractivity contribution >= 4 is 37.8 Å². The van der Waals surface area contributed by atoms with E-state index in [2.05, 4.69) is 36.8 Å². The minimum atomic E-state index is 0.0124. The summed E-state index contributed by atoms with van der Waals surface area (Å²) < 4.78 is 1.74. The van der Waals surface area contributed by atoms with Gasteiger partial charge < -0.3 is 4.90 Å². The standard InChI is InChI=1S/C15H14Br2N2O/c1-19(9-6-11-4-7-18-8-5-11)15(20)13-3-2-12(16)10-14(13)17/h2-5,7-8,10H,6,9H2,1H3. The smallest absolute Gasteiger partial charge is 0.254 e. The molecule has 0 radical (unpaired) electrons. The molecular weight excluding hydrogens is 384 g/mol. The Hall–Kier alpha value is -1.20. The van der Waals surface area contributed by atoms with E-state index in [-0.39, 0.29) is 5.91 Å². The molecule has 1 aromatic heterocycles. The third-order valence-electron chi connectivity index (χ3n) is 2.99. The maximum Gasteiger partial charge on any atom is 0.254 e. The second kappa shape index (κ2) is 6.99. The van der Waals surface area contributed by atoms with Crippen molar-refractivity contribution in [3.8, 4) is 0 Å². The zero-order chi connectivity index (χ0) is 14.5. The van der Waals surface area contributed by atoms with Crippen LogP contribution in [0.3, 0.4) is 0 Å². The molecule has 0 unspecified atom stereocenters. The van der Waals surface area contributed by atoms with Crippen molar-refractivity contribution in [2.75, 3.05) is 13.6 Å². The SMILES string of the molecule is CN(CCc1ccncc1)C(=O)c1ccc(Br)cc1Br. The fourth-order valence-electron chi connectivity index (χ4n) is 1.82. The number of nitrogens with zero attached hydrogens (tertiary/aromatic N) is 2. The highest BCUT2D eigenvalue weighted by Crippen LogP contribution is 2.23. The van der Waals surface area contributed by atoms with E-state index in [1.807, 2.05) is 37.4 Å². The van der Waals surface area contributed by atoms with Gasteiger partial charge in [-0.2, -0.15) is 0 Å². The second-order valence-electron chi connectivity index (χ2n) is 4.46. The molecule has 3 nitrogen and oxygen atoms in total. The number of benzene rings is 1. The Labute approximate surface area is 135 Å². The summed E-state index contributed by atoms with van der Waals surface area (Å²) >= 11 is 6.81. The van der Waals surface area contributed by atoms with Crippen LogP contribution in [0.25, 0.3) is 0 Å². The molecule has 0 atom stereocenters. The molecule has 0 aliphatic rings. The topological polar surface area (TPSA) is 33.2 Å². The average molecular weight is 398 g/mol. The van der Waals surface area contributed by atoms with E-state index in [1.54, 1.807) is 17.3 Å².